The molecule has 0 aliphatic carbocycles. The van der Waals surface area contributed by atoms with E-state index in [2.05, 4.69) is 30.7 Å². The predicted molar refractivity (Wildman–Crippen MR) is 117 cm³/mol. The van der Waals surface area contributed by atoms with E-state index in [9.17, 15) is 0 Å². The van der Waals surface area contributed by atoms with E-state index in [1.54, 1.807) is 18.4 Å². The van der Waals surface area contributed by atoms with Crippen LogP contribution < -0.4 is 5.32 Å². The summed E-state index contributed by atoms with van der Waals surface area (Å²) in [5.74, 6) is 0.819. The Morgan fingerprint density at radius 2 is 2.00 bits per heavy atom. The number of hydrogen-bond donors (Lipinski definition) is 1. The van der Waals surface area contributed by atoms with Gasteiger partial charge in [0.15, 0.2) is 5.96 Å². The third-order valence-corrected chi connectivity index (χ3v) is 4.55. The minimum Gasteiger partial charge on any atom is -0.351 e. The van der Waals surface area contributed by atoms with Crippen molar-refractivity contribution in [3.8, 4) is 5.69 Å². The molecule has 3 rings (SSSR count). The number of rotatable bonds is 5. The van der Waals surface area contributed by atoms with Crippen LogP contribution in [-0.4, -0.2) is 39.7 Å². The predicted octanol–water partition coefficient (Wildman–Crippen LogP) is 3.46. The zero-order valence-corrected chi connectivity index (χ0v) is 18.2. The normalized spacial score (nSPS) is 11.1. The number of halogens is 1. The summed E-state index contributed by atoms with van der Waals surface area (Å²) in [4.78, 5) is 10.9. The molecule has 0 atom stereocenters. The summed E-state index contributed by atoms with van der Waals surface area (Å²) >= 11 is 1.67. The fourth-order valence-corrected chi connectivity index (χ4v) is 3.14. The Balaban J connectivity index is 0.00000243. The van der Waals surface area contributed by atoms with Gasteiger partial charge in [-0.25, -0.2) is 9.67 Å². The third-order valence-electron chi connectivity index (χ3n) is 3.73. The van der Waals surface area contributed by atoms with Gasteiger partial charge in [0.2, 0.25) is 0 Å². The van der Waals surface area contributed by atoms with E-state index >= 15 is 0 Å². The van der Waals surface area contributed by atoms with Gasteiger partial charge in [0.25, 0.3) is 0 Å². The van der Waals surface area contributed by atoms with Gasteiger partial charge >= 0.3 is 0 Å². The average Bonchev–Trinajstić information content (AvgIpc) is 3.25. The first-order valence-electron chi connectivity index (χ1n) is 8.08. The van der Waals surface area contributed by atoms with E-state index in [4.69, 9.17) is 0 Å². The lowest BCUT2D eigenvalue weighted by Gasteiger charge is -2.20. The number of thiazole rings is 1. The second-order valence-corrected chi connectivity index (χ2v) is 6.76. The van der Waals surface area contributed by atoms with Crippen molar-refractivity contribution in [2.75, 3.05) is 14.1 Å². The van der Waals surface area contributed by atoms with E-state index in [0.29, 0.717) is 6.54 Å². The molecule has 8 heteroatoms. The number of nitrogens with zero attached hydrogens (tertiary/aromatic N) is 5. The largest absolute Gasteiger partial charge is 0.351 e. The van der Waals surface area contributed by atoms with Crippen molar-refractivity contribution >= 4 is 41.3 Å². The van der Waals surface area contributed by atoms with Crippen molar-refractivity contribution in [3.05, 3.63) is 64.4 Å². The Morgan fingerprint density at radius 1 is 1.23 bits per heavy atom. The smallest absolute Gasteiger partial charge is 0.194 e. The zero-order chi connectivity index (χ0) is 17.6. The van der Waals surface area contributed by atoms with Gasteiger partial charge in [-0.3, -0.25) is 4.99 Å². The highest BCUT2D eigenvalue weighted by Crippen LogP contribution is 2.10. The van der Waals surface area contributed by atoms with Crippen LogP contribution in [0.5, 0.6) is 0 Å². The maximum absolute atomic E-state index is 4.60. The van der Waals surface area contributed by atoms with Crippen LogP contribution in [0.3, 0.4) is 0 Å². The molecule has 0 bridgehead atoms. The molecular formula is C18H23IN6S. The van der Waals surface area contributed by atoms with Gasteiger partial charge in [-0.05, 0) is 25.1 Å². The zero-order valence-electron chi connectivity index (χ0n) is 15.1. The minimum atomic E-state index is 0. The standard InChI is InChI=1S/C18H22N6S.HI/c1-14-21-16(13-25-14)12-23(3)18(19-2)20-11-15-9-10-24(22-15)17-7-5-4-6-8-17;/h4-10,13H,11-12H2,1-3H3,(H,19,20);1H. The van der Waals surface area contributed by atoms with Gasteiger partial charge < -0.3 is 10.2 Å². The number of hydrogen-bond acceptors (Lipinski definition) is 4. The van der Waals surface area contributed by atoms with Gasteiger partial charge in [-0.1, -0.05) is 18.2 Å². The molecule has 0 fully saturated rings. The van der Waals surface area contributed by atoms with Crippen molar-refractivity contribution in [2.45, 2.75) is 20.0 Å². The summed E-state index contributed by atoms with van der Waals surface area (Å²) in [6, 6.07) is 12.1. The summed E-state index contributed by atoms with van der Waals surface area (Å²) in [6.07, 6.45) is 1.97. The number of guanidine groups is 1. The Labute approximate surface area is 175 Å². The number of aromatic nitrogens is 3. The first-order valence-corrected chi connectivity index (χ1v) is 8.96. The Morgan fingerprint density at radius 3 is 2.65 bits per heavy atom. The van der Waals surface area contributed by atoms with Crippen LogP contribution in [0, 0.1) is 6.92 Å². The maximum Gasteiger partial charge on any atom is 0.194 e. The fraction of sp³-hybridized carbons (Fsp3) is 0.278. The molecule has 0 amide bonds. The van der Waals surface area contributed by atoms with Gasteiger partial charge in [0, 0.05) is 25.7 Å². The van der Waals surface area contributed by atoms with E-state index in [1.165, 1.54) is 0 Å². The van der Waals surface area contributed by atoms with E-state index in [1.807, 2.05) is 61.2 Å². The molecule has 0 saturated heterocycles. The summed E-state index contributed by atoms with van der Waals surface area (Å²) in [5, 5.41) is 11.1. The molecule has 3 aromatic rings. The molecule has 0 aliphatic rings. The second-order valence-electron chi connectivity index (χ2n) is 5.70. The molecule has 0 aliphatic heterocycles. The molecule has 0 spiro atoms. The highest BCUT2D eigenvalue weighted by Gasteiger charge is 2.09. The van der Waals surface area contributed by atoms with Crippen molar-refractivity contribution < 1.29 is 0 Å². The minimum absolute atomic E-state index is 0. The highest BCUT2D eigenvalue weighted by atomic mass is 127. The van der Waals surface area contributed by atoms with Crippen LogP contribution in [-0.2, 0) is 13.1 Å². The average molecular weight is 482 g/mol. The molecular weight excluding hydrogens is 459 g/mol. The number of para-hydroxylation sites is 1. The number of aryl methyl sites for hydroxylation is 1. The lowest BCUT2D eigenvalue weighted by atomic mass is 10.3. The van der Waals surface area contributed by atoms with E-state index in [0.717, 1.165) is 34.6 Å². The molecule has 0 radical (unpaired) electrons. The molecule has 26 heavy (non-hydrogen) atoms. The van der Waals surface area contributed by atoms with Gasteiger partial charge in [-0.2, -0.15) is 5.10 Å². The topological polar surface area (TPSA) is 58.3 Å². The lowest BCUT2D eigenvalue weighted by Crippen LogP contribution is -2.38. The van der Waals surface area contributed by atoms with Crippen molar-refractivity contribution in [1.29, 1.82) is 0 Å². The van der Waals surface area contributed by atoms with Crippen molar-refractivity contribution in [2.24, 2.45) is 4.99 Å². The van der Waals surface area contributed by atoms with Crippen LogP contribution in [0.25, 0.3) is 5.69 Å². The van der Waals surface area contributed by atoms with Crippen molar-refractivity contribution in [1.82, 2.24) is 25.0 Å². The summed E-state index contributed by atoms with van der Waals surface area (Å²) < 4.78 is 1.88. The molecule has 0 unspecified atom stereocenters. The Bertz CT molecular complexity index is 842. The van der Waals surface area contributed by atoms with E-state index < -0.39 is 0 Å². The number of aliphatic imine (C=N–C) groups is 1. The summed E-state index contributed by atoms with van der Waals surface area (Å²) in [5.41, 5.74) is 3.07. The van der Waals surface area contributed by atoms with Gasteiger partial charge in [-0.15, -0.1) is 35.3 Å². The Kier molecular flexibility index (Phi) is 7.58. The van der Waals surface area contributed by atoms with Gasteiger partial charge in [0.05, 0.1) is 35.2 Å². The van der Waals surface area contributed by atoms with Crippen LogP contribution in [0.1, 0.15) is 16.4 Å². The first-order chi connectivity index (χ1) is 12.2. The number of nitrogens with one attached hydrogen (secondary N) is 1. The second kappa shape index (κ2) is 9.67. The molecule has 0 saturated carbocycles. The monoisotopic (exact) mass is 482 g/mol. The van der Waals surface area contributed by atoms with Crippen LogP contribution in [0.2, 0.25) is 0 Å². The maximum atomic E-state index is 4.60. The molecule has 2 aromatic heterocycles. The van der Waals surface area contributed by atoms with Crippen LogP contribution in [0.4, 0.5) is 0 Å². The first kappa shape index (κ1) is 20.4. The molecule has 2 heterocycles. The highest BCUT2D eigenvalue weighted by molar-refractivity contribution is 14.0. The fourth-order valence-electron chi connectivity index (χ4n) is 2.53. The van der Waals surface area contributed by atoms with Gasteiger partial charge in [0.1, 0.15) is 0 Å². The molecule has 138 valence electrons. The Hall–Kier alpha value is -1.94. The lowest BCUT2D eigenvalue weighted by molar-refractivity contribution is 0.470. The quantitative estimate of drug-likeness (QED) is 0.344. The number of benzene rings is 1. The molecule has 1 aromatic carbocycles. The molecule has 6 nitrogen and oxygen atoms in total. The van der Waals surface area contributed by atoms with Crippen LogP contribution >= 0.6 is 35.3 Å². The summed E-state index contributed by atoms with van der Waals surface area (Å²) in [6.45, 7) is 3.36. The SMILES string of the molecule is CN=C(NCc1ccn(-c2ccccc2)n1)N(C)Cc1csc(C)n1.I. The van der Waals surface area contributed by atoms with Crippen molar-refractivity contribution in [3.63, 3.8) is 0 Å². The summed E-state index contributed by atoms with van der Waals surface area (Å²) in [7, 11) is 3.79. The molecule has 1 N–H and O–H groups in total. The van der Waals surface area contributed by atoms with E-state index in [-0.39, 0.29) is 24.0 Å². The third kappa shape index (κ3) is 5.28. The van der Waals surface area contributed by atoms with Crippen LogP contribution in [0.15, 0.2) is 53.0 Å².